The van der Waals surface area contributed by atoms with E-state index in [4.69, 9.17) is 16.3 Å². The first-order valence-corrected chi connectivity index (χ1v) is 8.62. The number of halogens is 1. The quantitative estimate of drug-likeness (QED) is 0.518. The summed E-state index contributed by atoms with van der Waals surface area (Å²) in [6.07, 6.45) is 1.21. The molecule has 0 aliphatic heterocycles. The standard InChI is InChI=1S/C18H25ClN2O4/c1-12(2)11-15(18(24)25-3)21-16(22)5-4-10-20-17(23)13-6-8-14(19)9-7-13/h6-9,12,15H,4-5,10-11H2,1-3H3,(H,20,23)(H,21,22). The first-order valence-electron chi connectivity index (χ1n) is 8.24. The van der Waals surface area contributed by atoms with Gasteiger partial charge in [-0.1, -0.05) is 25.4 Å². The van der Waals surface area contributed by atoms with Gasteiger partial charge in [0, 0.05) is 23.6 Å². The lowest BCUT2D eigenvalue weighted by molar-refractivity contribution is -0.145. The summed E-state index contributed by atoms with van der Waals surface area (Å²) < 4.78 is 4.71. The van der Waals surface area contributed by atoms with Crippen LogP contribution in [0.5, 0.6) is 0 Å². The molecule has 1 unspecified atom stereocenters. The van der Waals surface area contributed by atoms with Gasteiger partial charge in [-0.15, -0.1) is 0 Å². The molecule has 1 atom stereocenters. The molecule has 0 bridgehead atoms. The molecule has 0 aromatic heterocycles. The maximum absolute atomic E-state index is 12.0. The Hall–Kier alpha value is -2.08. The maximum atomic E-state index is 12.0. The van der Waals surface area contributed by atoms with Crippen LogP contribution in [0.2, 0.25) is 5.02 Å². The van der Waals surface area contributed by atoms with Gasteiger partial charge in [-0.2, -0.15) is 0 Å². The number of carbonyl (C=O) groups excluding carboxylic acids is 3. The molecule has 0 fully saturated rings. The highest BCUT2D eigenvalue weighted by Crippen LogP contribution is 2.09. The molecule has 0 aliphatic rings. The van der Waals surface area contributed by atoms with E-state index in [1.165, 1.54) is 7.11 Å². The second kappa shape index (κ2) is 10.7. The Morgan fingerprint density at radius 2 is 1.80 bits per heavy atom. The zero-order valence-corrected chi connectivity index (χ0v) is 15.6. The van der Waals surface area contributed by atoms with Gasteiger partial charge in [0.05, 0.1) is 7.11 Å². The number of amides is 2. The molecule has 1 aromatic rings. The Labute approximate surface area is 153 Å². The van der Waals surface area contributed by atoms with E-state index in [1.54, 1.807) is 24.3 Å². The second-order valence-electron chi connectivity index (χ2n) is 6.14. The first kappa shape index (κ1) is 21.0. The van der Waals surface area contributed by atoms with Gasteiger partial charge in [0.15, 0.2) is 0 Å². The highest BCUT2D eigenvalue weighted by molar-refractivity contribution is 6.30. The molecule has 0 spiro atoms. The predicted molar refractivity (Wildman–Crippen MR) is 96.4 cm³/mol. The zero-order valence-electron chi connectivity index (χ0n) is 14.8. The number of methoxy groups -OCH3 is 1. The Kier molecular flexibility index (Phi) is 8.99. The number of hydrogen-bond acceptors (Lipinski definition) is 4. The minimum Gasteiger partial charge on any atom is -0.467 e. The highest BCUT2D eigenvalue weighted by atomic mass is 35.5. The van der Waals surface area contributed by atoms with Crippen LogP contribution in [0.1, 0.15) is 43.5 Å². The van der Waals surface area contributed by atoms with E-state index < -0.39 is 12.0 Å². The lowest BCUT2D eigenvalue weighted by Crippen LogP contribution is -2.42. The van der Waals surface area contributed by atoms with Crippen molar-refractivity contribution < 1.29 is 19.1 Å². The topological polar surface area (TPSA) is 84.5 Å². The number of carbonyl (C=O) groups is 3. The molecule has 1 aromatic carbocycles. The molecule has 2 N–H and O–H groups in total. The molecule has 2 amide bonds. The summed E-state index contributed by atoms with van der Waals surface area (Å²) in [4.78, 5) is 35.6. The lowest BCUT2D eigenvalue weighted by Gasteiger charge is -2.18. The fraction of sp³-hybridized carbons (Fsp3) is 0.500. The molecule has 1 rings (SSSR count). The minimum atomic E-state index is -0.638. The van der Waals surface area contributed by atoms with Gasteiger partial charge < -0.3 is 15.4 Å². The molecule has 7 heteroatoms. The van der Waals surface area contributed by atoms with Crippen molar-refractivity contribution >= 4 is 29.4 Å². The van der Waals surface area contributed by atoms with Crippen LogP contribution in [0.4, 0.5) is 0 Å². The van der Waals surface area contributed by atoms with Crippen molar-refractivity contribution in [3.8, 4) is 0 Å². The van der Waals surface area contributed by atoms with Crippen LogP contribution in [0.25, 0.3) is 0 Å². The van der Waals surface area contributed by atoms with Gasteiger partial charge >= 0.3 is 5.97 Å². The molecule has 0 aliphatic carbocycles. The second-order valence-corrected chi connectivity index (χ2v) is 6.58. The van der Waals surface area contributed by atoms with Gasteiger partial charge in [0.25, 0.3) is 5.91 Å². The third kappa shape index (κ3) is 8.03. The smallest absolute Gasteiger partial charge is 0.328 e. The average Bonchev–Trinajstić information content (AvgIpc) is 2.57. The van der Waals surface area contributed by atoms with Crippen molar-refractivity contribution in [1.82, 2.24) is 10.6 Å². The molecule has 0 saturated heterocycles. The van der Waals surface area contributed by atoms with E-state index in [0.29, 0.717) is 30.0 Å². The number of nitrogens with one attached hydrogen (secondary N) is 2. The Morgan fingerprint density at radius 3 is 2.36 bits per heavy atom. The van der Waals surface area contributed by atoms with Crippen LogP contribution < -0.4 is 10.6 Å². The van der Waals surface area contributed by atoms with Crippen molar-refractivity contribution in [2.24, 2.45) is 5.92 Å². The van der Waals surface area contributed by atoms with Crippen LogP contribution in [0.15, 0.2) is 24.3 Å². The van der Waals surface area contributed by atoms with Crippen LogP contribution in [-0.4, -0.2) is 37.5 Å². The summed E-state index contributed by atoms with van der Waals surface area (Å²) in [5.41, 5.74) is 0.511. The maximum Gasteiger partial charge on any atom is 0.328 e. The minimum absolute atomic E-state index is 0.215. The largest absolute Gasteiger partial charge is 0.467 e. The van der Waals surface area contributed by atoms with E-state index in [-0.39, 0.29) is 24.2 Å². The summed E-state index contributed by atoms with van der Waals surface area (Å²) in [6.45, 7) is 4.30. The first-order chi connectivity index (χ1) is 11.8. The zero-order chi connectivity index (χ0) is 18.8. The van der Waals surface area contributed by atoms with Crippen LogP contribution >= 0.6 is 11.6 Å². The van der Waals surface area contributed by atoms with Gasteiger partial charge in [0.1, 0.15) is 6.04 Å². The third-order valence-electron chi connectivity index (χ3n) is 3.50. The number of esters is 1. The van der Waals surface area contributed by atoms with Crippen LogP contribution in [0, 0.1) is 5.92 Å². The van der Waals surface area contributed by atoms with Gasteiger partial charge in [-0.05, 0) is 43.0 Å². The number of rotatable bonds is 9. The molecule has 0 heterocycles. The normalized spacial score (nSPS) is 11.7. The number of ether oxygens (including phenoxy) is 1. The van der Waals surface area contributed by atoms with Crippen molar-refractivity contribution in [3.05, 3.63) is 34.9 Å². The summed E-state index contributed by atoms with van der Waals surface area (Å²) in [5.74, 6) is -0.651. The molecule has 0 radical (unpaired) electrons. The Bertz CT molecular complexity index is 587. The highest BCUT2D eigenvalue weighted by Gasteiger charge is 2.22. The molecular formula is C18H25ClN2O4. The van der Waals surface area contributed by atoms with Crippen LogP contribution in [0.3, 0.4) is 0 Å². The molecular weight excluding hydrogens is 344 g/mol. The Balaban J connectivity index is 2.34. The van der Waals surface area contributed by atoms with Crippen molar-refractivity contribution in [2.45, 2.75) is 39.2 Å². The van der Waals surface area contributed by atoms with Crippen molar-refractivity contribution in [2.75, 3.05) is 13.7 Å². The SMILES string of the molecule is COC(=O)C(CC(C)C)NC(=O)CCCNC(=O)c1ccc(Cl)cc1. The number of benzene rings is 1. The Morgan fingerprint density at radius 1 is 1.16 bits per heavy atom. The van der Waals surface area contributed by atoms with E-state index in [0.717, 1.165) is 0 Å². The molecule has 25 heavy (non-hydrogen) atoms. The predicted octanol–water partition coefficient (Wildman–Crippen LogP) is 2.55. The number of hydrogen-bond donors (Lipinski definition) is 2. The lowest BCUT2D eigenvalue weighted by atomic mass is 10.0. The summed E-state index contributed by atoms with van der Waals surface area (Å²) in [5, 5.41) is 5.99. The van der Waals surface area contributed by atoms with Gasteiger partial charge in [0.2, 0.25) is 5.91 Å². The molecule has 138 valence electrons. The van der Waals surface area contributed by atoms with E-state index in [2.05, 4.69) is 10.6 Å². The van der Waals surface area contributed by atoms with E-state index in [1.807, 2.05) is 13.8 Å². The molecule has 6 nitrogen and oxygen atoms in total. The van der Waals surface area contributed by atoms with Crippen molar-refractivity contribution in [3.63, 3.8) is 0 Å². The van der Waals surface area contributed by atoms with Crippen molar-refractivity contribution in [1.29, 1.82) is 0 Å². The van der Waals surface area contributed by atoms with E-state index >= 15 is 0 Å². The summed E-state index contributed by atoms with van der Waals surface area (Å²) >= 11 is 5.77. The monoisotopic (exact) mass is 368 g/mol. The average molecular weight is 369 g/mol. The summed E-state index contributed by atoms with van der Waals surface area (Å²) in [6, 6.07) is 5.92. The summed E-state index contributed by atoms with van der Waals surface area (Å²) in [7, 11) is 1.30. The van der Waals surface area contributed by atoms with Crippen LogP contribution in [-0.2, 0) is 14.3 Å². The van der Waals surface area contributed by atoms with E-state index in [9.17, 15) is 14.4 Å². The molecule has 0 saturated carbocycles. The third-order valence-corrected chi connectivity index (χ3v) is 3.75. The van der Waals surface area contributed by atoms with Gasteiger partial charge in [-0.3, -0.25) is 9.59 Å². The fourth-order valence-electron chi connectivity index (χ4n) is 2.25. The van der Waals surface area contributed by atoms with Gasteiger partial charge in [-0.25, -0.2) is 4.79 Å². The fourth-order valence-corrected chi connectivity index (χ4v) is 2.37.